The van der Waals surface area contributed by atoms with Crippen LogP contribution in [0.1, 0.15) is 33.3 Å². The zero-order valence-electron chi connectivity index (χ0n) is 15.4. The molecule has 0 aliphatic carbocycles. The minimum Gasteiger partial charge on any atom is -0.483 e. The number of anilines is 2. The third-order valence-electron chi connectivity index (χ3n) is 3.60. The van der Waals surface area contributed by atoms with E-state index in [9.17, 15) is 9.59 Å². The van der Waals surface area contributed by atoms with Crippen LogP contribution in [0.4, 0.5) is 11.4 Å². The number of hydrogen-bond donors (Lipinski definition) is 2. The van der Waals surface area contributed by atoms with E-state index >= 15 is 0 Å². The molecule has 5 nitrogen and oxygen atoms in total. The smallest absolute Gasteiger partial charge is 0.262 e. The average Bonchev–Trinajstić information content (AvgIpc) is 2.54. The van der Waals surface area contributed by atoms with Crippen LogP contribution in [0.2, 0.25) is 0 Å². The standard InChI is InChI=1S/C20H23BrN2O3/c1-13(24)22-15-6-8-16(9-7-15)23-19(25)12-26-18-10-5-14(21)11-17(18)20(2,3)4/h5-11H,12H2,1-4H3,(H,22,24)(H,23,25). The average molecular weight is 419 g/mol. The summed E-state index contributed by atoms with van der Waals surface area (Å²) >= 11 is 3.47. The zero-order valence-corrected chi connectivity index (χ0v) is 16.9. The largest absolute Gasteiger partial charge is 0.483 e. The Morgan fingerprint density at radius 1 is 1.00 bits per heavy atom. The molecule has 0 bridgehead atoms. The van der Waals surface area contributed by atoms with Crippen molar-refractivity contribution in [2.24, 2.45) is 0 Å². The Labute approximate surface area is 162 Å². The summed E-state index contributed by atoms with van der Waals surface area (Å²) in [7, 11) is 0. The second-order valence-corrected chi connectivity index (χ2v) is 7.90. The summed E-state index contributed by atoms with van der Waals surface area (Å²) in [5.41, 5.74) is 2.24. The monoisotopic (exact) mass is 418 g/mol. The van der Waals surface area contributed by atoms with Gasteiger partial charge in [-0.2, -0.15) is 0 Å². The van der Waals surface area contributed by atoms with Gasteiger partial charge in [0.25, 0.3) is 5.91 Å². The van der Waals surface area contributed by atoms with Gasteiger partial charge in [-0.3, -0.25) is 9.59 Å². The maximum atomic E-state index is 12.2. The highest BCUT2D eigenvalue weighted by Crippen LogP contribution is 2.33. The molecule has 138 valence electrons. The normalized spacial score (nSPS) is 11.0. The number of halogens is 1. The maximum absolute atomic E-state index is 12.2. The maximum Gasteiger partial charge on any atom is 0.262 e. The van der Waals surface area contributed by atoms with Crippen molar-refractivity contribution < 1.29 is 14.3 Å². The Kier molecular flexibility index (Phi) is 6.42. The molecular formula is C20H23BrN2O3. The molecule has 2 N–H and O–H groups in total. The van der Waals surface area contributed by atoms with Crippen LogP contribution in [0.3, 0.4) is 0 Å². The number of ether oxygens (including phenoxy) is 1. The lowest BCUT2D eigenvalue weighted by atomic mass is 9.86. The van der Waals surface area contributed by atoms with Crippen molar-refractivity contribution in [3.63, 3.8) is 0 Å². The quantitative estimate of drug-likeness (QED) is 0.737. The third kappa shape index (κ3) is 5.88. The second kappa shape index (κ2) is 8.36. The lowest BCUT2D eigenvalue weighted by Gasteiger charge is -2.23. The van der Waals surface area contributed by atoms with Gasteiger partial charge >= 0.3 is 0 Å². The Morgan fingerprint density at radius 3 is 2.12 bits per heavy atom. The molecule has 0 spiro atoms. The molecule has 2 amide bonds. The van der Waals surface area contributed by atoms with Crippen molar-refractivity contribution in [3.05, 3.63) is 52.5 Å². The highest BCUT2D eigenvalue weighted by Gasteiger charge is 2.20. The third-order valence-corrected chi connectivity index (χ3v) is 4.09. The number of nitrogens with one attached hydrogen (secondary N) is 2. The van der Waals surface area contributed by atoms with Crippen molar-refractivity contribution in [3.8, 4) is 5.75 Å². The molecule has 26 heavy (non-hydrogen) atoms. The molecule has 0 radical (unpaired) electrons. The van der Waals surface area contributed by atoms with Gasteiger partial charge in [0, 0.05) is 28.3 Å². The number of benzene rings is 2. The first-order chi connectivity index (χ1) is 12.1. The van der Waals surface area contributed by atoms with Crippen molar-refractivity contribution in [2.75, 3.05) is 17.2 Å². The number of hydrogen-bond acceptors (Lipinski definition) is 3. The van der Waals surface area contributed by atoms with E-state index in [4.69, 9.17) is 4.74 Å². The van der Waals surface area contributed by atoms with Crippen LogP contribution in [-0.2, 0) is 15.0 Å². The van der Waals surface area contributed by atoms with Crippen LogP contribution in [-0.4, -0.2) is 18.4 Å². The molecule has 0 saturated carbocycles. The van der Waals surface area contributed by atoms with Gasteiger partial charge in [0.05, 0.1) is 0 Å². The van der Waals surface area contributed by atoms with E-state index < -0.39 is 0 Å². The molecule has 6 heteroatoms. The van der Waals surface area contributed by atoms with Crippen LogP contribution < -0.4 is 15.4 Å². The molecular weight excluding hydrogens is 396 g/mol. The van der Waals surface area contributed by atoms with Crippen LogP contribution >= 0.6 is 15.9 Å². The minimum atomic E-state index is -0.250. The highest BCUT2D eigenvalue weighted by atomic mass is 79.9. The summed E-state index contributed by atoms with van der Waals surface area (Å²) in [6, 6.07) is 12.7. The number of rotatable bonds is 5. The SMILES string of the molecule is CC(=O)Nc1ccc(NC(=O)COc2ccc(Br)cc2C(C)(C)C)cc1. The van der Waals surface area contributed by atoms with Crippen LogP contribution in [0.5, 0.6) is 5.75 Å². The molecule has 0 aliphatic heterocycles. The predicted octanol–water partition coefficient (Wildman–Crippen LogP) is 4.72. The Balaban J connectivity index is 1.98. The Morgan fingerprint density at radius 2 is 1.58 bits per heavy atom. The van der Waals surface area contributed by atoms with Gasteiger partial charge in [-0.05, 0) is 47.9 Å². The lowest BCUT2D eigenvalue weighted by molar-refractivity contribution is -0.118. The van der Waals surface area contributed by atoms with Crippen molar-refractivity contribution in [1.82, 2.24) is 0 Å². The summed E-state index contributed by atoms with van der Waals surface area (Å²) in [5, 5.41) is 5.45. The van der Waals surface area contributed by atoms with Crippen LogP contribution in [0.25, 0.3) is 0 Å². The number of carbonyl (C=O) groups is 2. The predicted molar refractivity (Wildman–Crippen MR) is 108 cm³/mol. The molecule has 0 saturated heterocycles. The summed E-state index contributed by atoms with van der Waals surface area (Å²) < 4.78 is 6.71. The molecule has 0 aliphatic rings. The van der Waals surface area contributed by atoms with E-state index in [-0.39, 0.29) is 23.8 Å². The molecule has 2 aromatic rings. The molecule has 2 aromatic carbocycles. The molecule has 0 aromatic heterocycles. The van der Waals surface area contributed by atoms with Gasteiger partial charge < -0.3 is 15.4 Å². The summed E-state index contributed by atoms with van der Waals surface area (Å²) in [6.45, 7) is 7.65. The van der Waals surface area contributed by atoms with E-state index in [0.29, 0.717) is 17.1 Å². The number of amides is 2. The lowest BCUT2D eigenvalue weighted by Crippen LogP contribution is -2.22. The highest BCUT2D eigenvalue weighted by molar-refractivity contribution is 9.10. The second-order valence-electron chi connectivity index (χ2n) is 6.99. The molecule has 2 rings (SSSR count). The van der Waals surface area contributed by atoms with E-state index in [1.54, 1.807) is 24.3 Å². The summed E-state index contributed by atoms with van der Waals surface area (Å²) in [5.74, 6) is 0.302. The van der Waals surface area contributed by atoms with Crippen molar-refractivity contribution in [1.29, 1.82) is 0 Å². The van der Waals surface area contributed by atoms with Crippen LogP contribution in [0.15, 0.2) is 46.9 Å². The van der Waals surface area contributed by atoms with E-state index in [0.717, 1.165) is 10.0 Å². The van der Waals surface area contributed by atoms with Gasteiger partial charge in [0.15, 0.2) is 6.61 Å². The van der Waals surface area contributed by atoms with Gasteiger partial charge in [0.1, 0.15) is 5.75 Å². The fourth-order valence-corrected chi connectivity index (χ4v) is 2.76. The molecule has 0 unspecified atom stereocenters. The summed E-state index contributed by atoms with van der Waals surface area (Å²) in [6.07, 6.45) is 0. The fraction of sp³-hybridized carbons (Fsp3) is 0.300. The zero-order chi connectivity index (χ0) is 19.3. The molecule has 0 fully saturated rings. The van der Waals surface area contributed by atoms with E-state index in [2.05, 4.69) is 47.3 Å². The first kappa shape index (κ1) is 20.0. The van der Waals surface area contributed by atoms with Crippen LogP contribution in [0, 0.1) is 0 Å². The molecule has 0 atom stereocenters. The fourth-order valence-electron chi connectivity index (χ4n) is 2.39. The van der Waals surface area contributed by atoms with Crippen molar-refractivity contribution in [2.45, 2.75) is 33.1 Å². The van der Waals surface area contributed by atoms with Gasteiger partial charge in [0.2, 0.25) is 5.91 Å². The van der Waals surface area contributed by atoms with E-state index in [1.807, 2.05) is 18.2 Å². The Hall–Kier alpha value is -2.34. The van der Waals surface area contributed by atoms with Gasteiger partial charge in [-0.15, -0.1) is 0 Å². The van der Waals surface area contributed by atoms with Crippen molar-refractivity contribution >= 4 is 39.1 Å². The molecule has 0 heterocycles. The van der Waals surface area contributed by atoms with E-state index in [1.165, 1.54) is 6.92 Å². The first-order valence-electron chi connectivity index (χ1n) is 8.25. The van der Waals surface area contributed by atoms with Gasteiger partial charge in [-0.1, -0.05) is 36.7 Å². The van der Waals surface area contributed by atoms with Gasteiger partial charge in [-0.25, -0.2) is 0 Å². The topological polar surface area (TPSA) is 67.4 Å². The number of carbonyl (C=O) groups excluding carboxylic acids is 2. The summed E-state index contributed by atoms with van der Waals surface area (Å²) in [4.78, 5) is 23.2. The Bertz CT molecular complexity index is 796. The first-order valence-corrected chi connectivity index (χ1v) is 9.05. The minimum absolute atomic E-state index is 0.0852.